The molecule has 0 radical (unpaired) electrons. The Bertz CT molecular complexity index is 1130. The molecule has 3 heteroatoms. The molecule has 29 heavy (non-hydrogen) atoms. The Morgan fingerprint density at radius 1 is 0.759 bits per heavy atom. The third kappa shape index (κ3) is 4.46. The van der Waals surface area contributed by atoms with Crippen molar-refractivity contribution in [3.63, 3.8) is 0 Å². The summed E-state index contributed by atoms with van der Waals surface area (Å²) in [6.45, 7) is 2.98. The molecule has 1 aromatic heterocycles. The first-order chi connectivity index (χ1) is 14.2. The molecule has 3 aromatic carbocycles. The molecule has 0 saturated heterocycles. The lowest BCUT2D eigenvalue weighted by Gasteiger charge is -2.15. The Morgan fingerprint density at radius 2 is 1.38 bits per heavy atom. The van der Waals surface area contributed by atoms with Crippen LogP contribution in [0.25, 0.3) is 11.1 Å². The van der Waals surface area contributed by atoms with E-state index in [0.717, 1.165) is 22.3 Å². The van der Waals surface area contributed by atoms with Crippen molar-refractivity contribution in [2.45, 2.75) is 20.1 Å². The van der Waals surface area contributed by atoms with Gasteiger partial charge in [0.1, 0.15) is 12.4 Å². The Hall–Kier alpha value is -3.59. The Morgan fingerprint density at radius 3 is 2.03 bits per heavy atom. The predicted molar refractivity (Wildman–Crippen MR) is 117 cm³/mol. The van der Waals surface area contributed by atoms with E-state index < -0.39 is 0 Å². The second-order valence-electron chi connectivity index (χ2n) is 7.11. The Labute approximate surface area is 170 Å². The number of hydrogen-bond acceptors (Lipinski definition) is 2. The minimum Gasteiger partial charge on any atom is -0.488 e. The molecule has 0 aliphatic carbocycles. The van der Waals surface area contributed by atoms with Gasteiger partial charge in [0.2, 0.25) is 0 Å². The lowest BCUT2D eigenvalue weighted by atomic mass is 10.0. The van der Waals surface area contributed by atoms with E-state index in [1.807, 2.05) is 104 Å². The lowest BCUT2D eigenvalue weighted by molar-refractivity contribution is 0.306. The molecule has 0 atom stereocenters. The molecule has 0 fully saturated rings. The zero-order chi connectivity index (χ0) is 20.1. The molecule has 0 amide bonds. The quantitative estimate of drug-likeness (QED) is 0.445. The summed E-state index contributed by atoms with van der Waals surface area (Å²) < 4.78 is 7.82. The van der Waals surface area contributed by atoms with Crippen LogP contribution in [0.2, 0.25) is 0 Å². The number of benzene rings is 3. The fourth-order valence-corrected chi connectivity index (χ4v) is 3.30. The van der Waals surface area contributed by atoms with Crippen molar-refractivity contribution in [3.8, 4) is 16.9 Å². The molecule has 144 valence electrons. The zero-order valence-electron chi connectivity index (χ0n) is 16.4. The first-order valence-corrected chi connectivity index (χ1v) is 9.72. The van der Waals surface area contributed by atoms with E-state index in [-0.39, 0.29) is 5.56 Å². The van der Waals surface area contributed by atoms with Crippen molar-refractivity contribution in [3.05, 3.63) is 124 Å². The van der Waals surface area contributed by atoms with Crippen LogP contribution in [0.15, 0.2) is 102 Å². The van der Waals surface area contributed by atoms with Gasteiger partial charge in [-0.25, -0.2) is 0 Å². The van der Waals surface area contributed by atoms with Crippen LogP contribution < -0.4 is 10.3 Å². The molecule has 0 spiro atoms. The second-order valence-corrected chi connectivity index (χ2v) is 7.11. The third-order valence-corrected chi connectivity index (χ3v) is 4.90. The molecule has 0 N–H and O–H groups in total. The van der Waals surface area contributed by atoms with E-state index in [9.17, 15) is 4.79 Å². The first kappa shape index (κ1) is 18.8. The minimum atomic E-state index is -0.0525. The summed E-state index contributed by atoms with van der Waals surface area (Å²) in [4.78, 5) is 13.4. The fraction of sp³-hybridized carbons (Fsp3) is 0.115. The summed E-state index contributed by atoms with van der Waals surface area (Å²) in [6, 6.07) is 29.9. The molecule has 0 unspecified atom stereocenters. The van der Waals surface area contributed by atoms with Crippen LogP contribution in [0.4, 0.5) is 0 Å². The van der Waals surface area contributed by atoms with Gasteiger partial charge in [-0.2, -0.15) is 0 Å². The number of pyridine rings is 1. The van der Waals surface area contributed by atoms with Gasteiger partial charge in [-0.15, -0.1) is 0 Å². The number of aryl methyl sites for hydroxylation is 1. The maximum atomic E-state index is 13.4. The standard InChI is InChI=1S/C26H23NO2/c1-20-12-14-23(15-13-20)25-24(29-19-22-10-6-3-7-11-22)16-17-27(26(25)28)18-21-8-4-2-5-9-21/h2-17H,18-19H2,1H3. The van der Waals surface area contributed by atoms with Crippen molar-refractivity contribution in [2.75, 3.05) is 0 Å². The van der Waals surface area contributed by atoms with Crippen LogP contribution in [0.3, 0.4) is 0 Å². The average molecular weight is 381 g/mol. The van der Waals surface area contributed by atoms with Gasteiger partial charge < -0.3 is 9.30 Å². The number of rotatable bonds is 6. The Balaban J connectivity index is 1.73. The number of hydrogen-bond donors (Lipinski definition) is 0. The van der Waals surface area contributed by atoms with Crippen molar-refractivity contribution < 1.29 is 4.74 Å². The summed E-state index contributed by atoms with van der Waals surface area (Å²) in [7, 11) is 0. The smallest absolute Gasteiger partial charge is 0.262 e. The van der Waals surface area contributed by atoms with Crippen molar-refractivity contribution >= 4 is 0 Å². The molecule has 4 aromatic rings. The lowest BCUT2D eigenvalue weighted by Crippen LogP contribution is -2.22. The van der Waals surface area contributed by atoms with E-state index in [0.29, 0.717) is 24.5 Å². The summed E-state index contributed by atoms with van der Waals surface area (Å²) >= 11 is 0. The molecular formula is C26H23NO2. The van der Waals surface area contributed by atoms with Crippen molar-refractivity contribution in [1.82, 2.24) is 4.57 Å². The summed E-state index contributed by atoms with van der Waals surface area (Å²) in [5.41, 5.74) is 4.72. The van der Waals surface area contributed by atoms with E-state index >= 15 is 0 Å². The predicted octanol–water partition coefficient (Wildman–Crippen LogP) is 5.45. The molecule has 0 saturated carbocycles. The van der Waals surface area contributed by atoms with E-state index in [1.165, 1.54) is 0 Å². The average Bonchev–Trinajstić information content (AvgIpc) is 2.76. The highest BCUT2D eigenvalue weighted by atomic mass is 16.5. The maximum absolute atomic E-state index is 13.4. The monoisotopic (exact) mass is 381 g/mol. The SMILES string of the molecule is Cc1ccc(-c2c(OCc3ccccc3)ccn(Cc3ccccc3)c2=O)cc1. The molecule has 4 rings (SSSR count). The Kier molecular flexibility index (Phi) is 5.57. The minimum absolute atomic E-state index is 0.0525. The number of ether oxygens (including phenoxy) is 1. The number of nitrogens with zero attached hydrogens (tertiary/aromatic N) is 1. The molecule has 1 heterocycles. The second kappa shape index (κ2) is 8.61. The molecular weight excluding hydrogens is 358 g/mol. The molecule has 0 aliphatic heterocycles. The van der Waals surface area contributed by atoms with Gasteiger partial charge in [-0.3, -0.25) is 4.79 Å². The van der Waals surface area contributed by atoms with E-state index in [2.05, 4.69) is 0 Å². The molecule has 0 aliphatic rings. The summed E-state index contributed by atoms with van der Waals surface area (Å²) in [5.74, 6) is 0.604. The zero-order valence-corrected chi connectivity index (χ0v) is 16.4. The highest BCUT2D eigenvalue weighted by Crippen LogP contribution is 2.27. The highest BCUT2D eigenvalue weighted by molar-refractivity contribution is 5.69. The first-order valence-electron chi connectivity index (χ1n) is 9.72. The molecule has 3 nitrogen and oxygen atoms in total. The van der Waals surface area contributed by atoms with Gasteiger partial charge in [0, 0.05) is 6.20 Å². The van der Waals surface area contributed by atoms with Gasteiger partial charge in [0.05, 0.1) is 12.1 Å². The summed E-state index contributed by atoms with van der Waals surface area (Å²) in [5, 5.41) is 0. The largest absolute Gasteiger partial charge is 0.488 e. The van der Waals surface area contributed by atoms with Gasteiger partial charge >= 0.3 is 0 Å². The molecule has 0 bridgehead atoms. The van der Waals surface area contributed by atoms with Crippen LogP contribution in [0.5, 0.6) is 5.75 Å². The fourth-order valence-electron chi connectivity index (χ4n) is 3.30. The van der Waals surface area contributed by atoms with Gasteiger partial charge in [0.25, 0.3) is 5.56 Å². The highest BCUT2D eigenvalue weighted by Gasteiger charge is 2.14. The van der Waals surface area contributed by atoms with Gasteiger partial charge in [-0.05, 0) is 29.7 Å². The van der Waals surface area contributed by atoms with Crippen LogP contribution in [-0.2, 0) is 13.2 Å². The van der Waals surface area contributed by atoms with Crippen molar-refractivity contribution in [1.29, 1.82) is 0 Å². The summed E-state index contributed by atoms with van der Waals surface area (Å²) in [6.07, 6.45) is 1.81. The van der Waals surface area contributed by atoms with Crippen LogP contribution in [0.1, 0.15) is 16.7 Å². The van der Waals surface area contributed by atoms with Gasteiger partial charge in [-0.1, -0.05) is 90.5 Å². The third-order valence-electron chi connectivity index (χ3n) is 4.90. The van der Waals surface area contributed by atoms with Gasteiger partial charge in [0.15, 0.2) is 0 Å². The van der Waals surface area contributed by atoms with Crippen molar-refractivity contribution in [2.24, 2.45) is 0 Å². The van der Waals surface area contributed by atoms with Crippen LogP contribution >= 0.6 is 0 Å². The topological polar surface area (TPSA) is 31.2 Å². The van der Waals surface area contributed by atoms with Crippen LogP contribution in [-0.4, -0.2) is 4.57 Å². The normalized spacial score (nSPS) is 10.7. The van der Waals surface area contributed by atoms with E-state index in [1.54, 1.807) is 4.57 Å². The number of aromatic nitrogens is 1. The van der Waals surface area contributed by atoms with E-state index in [4.69, 9.17) is 4.74 Å². The maximum Gasteiger partial charge on any atom is 0.262 e. The van der Waals surface area contributed by atoms with Crippen LogP contribution in [0, 0.1) is 6.92 Å².